The van der Waals surface area contributed by atoms with E-state index in [1.807, 2.05) is 43.0 Å². The lowest BCUT2D eigenvalue weighted by Gasteiger charge is -2.42. The molecule has 1 saturated heterocycles. The third-order valence-corrected chi connectivity index (χ3v) is 4.29. The smallest absolute Gasteiger partial charge is 0.254 e. The maximum atomic E-state index is 12.8. The van der Waals surface area contributed by atoms with E-state index in [9.17, 15) is 4.79 Å². The summed E-state index contributed by atoms with van der Waals surface area (Å²) in [7, 11) is 0. The van der Waals surface area contributed by atoms with E-state index in [2.05, 4.69) is 22.9 Å². The molecule has 0 aliphatic carbocycles. The van der Waals surface area contributed by atoms with E-state index >= 15 is 0 Å². The fourth-order valence-electron chi connectivity index (χ4n) is 2.74. The number of aryl methyl sites for hydroxylation is 1. The number of ether oxygens (including phenoxy) is 1. The van der Waals surface area contributed by atoms with Crippen LogP contribution >= 0.6 is 15.9 Å². The topological polar surface area (TPSA) is 29.5 Å². The van der Waals surface area contributed by atoms with Crippen LogP contribution in [-0.4, -0.2) is 40.9 Å². The van der Waals surface area contributed by atoms with Crippen molar-refractivity contribution in [2.24, 2.45) is 0 Å². The lowest BCUT2D eigenvalue weighted by atomic mass is 10.0. The molecule has 1 atom stereocenters. The molecule has 0 spiro atoms. The number of rotatable bonds is 3. The first kappa shape index (κ1) is 15.5. The van der Waals surface area contributed by atoms with Crippen molar-refractivity contribution in [3.05, 3.63) is 35.4 Å². The van der Waals surface area contributed by atoms with Gasteiger partial charge in [-0.25, -0.2) is 0 Å². The number of morpholine rings is 1. The first-order valence-corrected chi connectivity index (χ1v) is 8.20. The molecule has 1 unspecified atom stereocenters. The Morgan fingerprint density at radius 3 is 2.80 bits per heavy atom. The van der Waals surface area contributed by atoms with Crippen molar-refractivity contribution < 1.29 is 9.53 Å². The Bertz CT molecular complexity index is 487. The van der Waals surface area contributed by atoms with Crippen molar-refractivity contribution in [1.82, 2.24) is 4.90 Å². The second-order valence-corrected chi connectivity index (χ2v) is 6.50. The van der Waals surface area contributed by atoms with Crippen LogP contribution in [0.1, 0.15) is 36.7 Å². The Morgan fingerprint density at radius 1 is 1.45 bits per heavy atom. The number of halogens is 1. The molecule has 1 aliphatic heterocycles. The molecule has 1 fully saturated rings. The van der Waals surface area contributed by atoms with Gasteiger partial charge in [0.15, 0.2) is 0 Å². The van der Waals surface area contributed by atoms with Crippen LogP contribution in [0.5, 0.6) is 0 Å². The summed E-state index contributed by atoms with van der Waals surface area (Å²) in [4.78, 5) is 14.7. The molecule has 110 valence electrons. The zero-order valence-electron chi connectivity index (χ0n) is 12.4. The Labute approximate surface area is 129 Å². The van der Waals surface area contributed by atoms with Gasteiger partial charge in [0.25, 0.3) is 5.91 Å². The first-order valence-electron chi connectivity index (χ1n) is 7.08. The van der Waals surface area contributed by atoms with Gasteiger partial charge in [0.1, 0.15) is 0 Å². The van der Waals surface area contributed by atoms with Crippen molar-refractivity contribution in [1.29, 1.82) is 0 Å². The van der Waals surface area contributed by atoms with Crippen LogP contribution in [0, 0.1) is 0 Å². The standard InChI is InChI=1S/C16H22BrNO2/c1-4-12-7-5-6-8-14(12)15(19)18-10-13(9-17)20-16(2,3)11-18/h5-8,13H,4,9-11H2,1-3H3. The molecule has 4 heteroatoms. The molecule has 0 bridgehead atoms. The minimum atomic E-state index is -0.298. The molecule has 0 aromatic heterocycles. The molecule has 1 aromatic carbocycles. The normalized spacial score (nSPS) is 21.8. The first-order chi connectivity index (χ1) is 9.46. The highest BCUT2D eigenvalue weighted by Crippen LogP contribution is 2.24. The molecule has 3 nitrogen and oxygen atoms in total. The summed E-state index contributed by atoms with van der Waals surface area (Å²) in [6.45, 7) is 7.43. The molecule has 0 radical (unpaired) electrons. The van der Waals surface area contributed by atoms with Crippen LogP contribution in [-0.2, 0) is 11.2 Å². The fourth-order valence-corrected chi connectivity index (χ4v) is 3.08. The number of carbonyl (C=O) groups is 1. The maximum absolute atomic E-state index is 12.8. The highest BCUT2D eigenvalue weighted by atomic mass is 79.9. The largest absolute Gasteiger partial charge is 0.368 e. The summed E-state index contributed by atoms with van der Waals surface area (Å²) >= 11 is 3.46. The zero-order chi connectivity index (χ0) is 14.8. The number of benzene rings is 1. The second-order valence-electron chi connectivity index (χ2n) is 5.85. The van der Waals surface area contributed by atoms with Crippen molar-refractivity contribution in [3.63, 3.8) is 0 Å². The summed E-state index contributed by atoms with van der Waals surface area (Å²) in [6.07, 6.45) is 0.925. The lowest BCUT2D eigenvalue weighted by Crippen LogP contribution is -2.55. The zero-order valence-corrected chi connectivity index (χ0v) is 13.9. The SMILES string of the molecule is CCc1ccccc1C(=O)N1CC(CBr)OC(C)(C)C1. The molecule has 1 aromatic rings. The molecule has 1 heterocycles. The van der Waals surface area contributed by atoms with E-state index in [1.165, 1.54) is 0 Å². The van der Waals surface area contributed by atoms with Gasteiger partial charge in [0.2, 0.25) is 0 Å². The Hall–Kier alpha value is -0.870. The minimum absolute atomic E-state index is 0.0523. The van der Waals surface area contributed by atoms with Crippen molar-refractivity contribution >= 4 is 21.8 Å². The van der Waals surface area contributed by atoms with Crippen molar-refractivity contribution in [3.8, 4) is 0 Å². The van der Waals surface area contributed by atoms with E-state index < -0.39 is 0 Å². The average molecular weight is 340 g/mol. The highest BCUT2D eigenvalue weighted by Gasteiger charge is 2.35. The molecule has 0 N–H and O–H groups in total. The second kappa shape index (κ2) is 6.27. The monoisotopic (exact) mass is 339 g/mol. The fraction of sp³-hybridized carbons (Fsp3) is 0.562. The van der Waals surface area contributed by atoms with Crippen LogP contribution in [0.15, 0.2) is 24.3 Å². The Balaban J connectivity index is 2.23. The van der Waals surface area contributed by atoms with Gasteiger partial charge < -0.3 is 9.64 Å². The molecule has 0 saturated carbocycles. The average Bonchev–Trinajstić information content (AvgIpc) is 2.44. The predicted molar refractivity (Wildman–Crippen MR) is 84.5 cm³/mol. The van der Waals surface area contributed by atoms with Gasteiger partial charge >= 0.3 is 0 Å². The van der Waals surface area contributed by atoms with Gasteiger partial charge in [-0.15, -0.1) is 0 Å². The van der Waals surface area contributed by atoms with E-state index in [0.29, 0.717) is 13.1 Å². The minimum Gasteiger partial charge on any atom is -0.368 e. The summed E-state index contributed by atoms with van der Waals surface area (Å²) in [5.74, 6) is 0.116. The highest BCUT2D eigenvalue weighted by molar-refractivity contribution is 9.09. The summed E-state index contributed by atoms with van der Waals surface area (Å²) in [6, 6.07) is 7.87. The number of alkyl halides is 1. The predicted octanol–water partition coefficient (Wildman–Crippen LogP) is 3.26. The van der Waals surface area contributed by atoms with Crippen molar-refractivity contribution in [2.45, 2.75) is 38.9 Å². The third kappa shape index (κ3) is 3.41. The molecule has 1 amide bonds. The van der Waals surface area contributed by atoms with Gasteiger partial charge in [-0.05, 0) is 31.9 Å². The van der Waals surface area contributed by atoms with E-state index in [0.717, 1.165) is 22.9 Å². The molecular formula is C16H22BrNO2. The van der Waals surface area contributed by atoms with Crippen molar-refractivity contribution in [2.75, 3.05) is 18.4 Å². The third-order valence-electron chi connectivity index (χ3n) is 3.57. The van der Waals surface area contributed by atoms with Gasteiger partial charge in [-0.2, -0.15) is 0 Å². The van der Waals surface area contributed by atoms with Gasteiger partial charge in [-0.3, -0.25) is 4.79 Å². The van der Waals surface area contributed by atoms with E-state index in [-0.39, 0.29) is 17.6 Å². The summed E-state index contributed by atoms with van der Waals surface area (Å²) in [5.41, 5.74) is 1.63. The van der Waals surface area contributed by atoms with Crippen LogP contribution < -0.4 is 0 Å². The van der Waals surface area contributed by atoms with E-state index in [4.69, 9.17) is 4.74 Å². The van der Waals surface area contributed by atoms with Gasteiger partial charge in [-0.1, -0.05) is 41.1 Å². The molecule has 2 rings (SSSR count). The number of hydrogen-bond acceptors (Lipinski definition) is 2. The lowest BCUT2D eigenvalue weighted by molar-refractivity contribution is -0.116. The maximum Gasteiger partial charge on any atom is 0.254 e. The van der Waals surface area contributed by atoms with E-state index in [1.54, 1.807) is 0 Å². The number of hydrogen-bond donors (Lipinski definition) is 0. The molecule has 1 aliphatic rings. The van der Waals surface area contributed by atoms with Gasteiger partial charge in [0, 0.05) is 24.0 Å². The molecule has 20 heavy (non-hydrogen) atoms. The number of nitrogens with zero attached hydrogens (tertiary/aromatic N) is 1. The Kier molecular flexibility index (Phi) is 4.86. The Morgan fingerprint density at radius 2 is 2.15 bits per heavy atom. The number of amides is 1. The van der Waals surface area contributed by atoms with Crippen LogP contribution in [0.25, 0.3) is 0 Å². The van der Waals surface area contributed by atoms with Crippen LogP contribution in [0.4, 0.5) is 0 Å². The number of carbonyl (C=O) groups excluding carboxylic acids is 1. The molecular weight excluding hydrogens is 318 g/mol. The quantitative estimate of drug-likeness (QED) is 0.791. The van der Waals surface area contributed by atoms with Crippen LogP contribution in [0.2, 0.25) is 0 Å². The van der Waals surface area contributed by atoms with Gasteiger partial charge in [0.05, 0.1) is 11.7 Å². The summed E-state index contributed by atoms with van der Waals surface area (Å²) in [5, 5.41) is 0.746. The summed E-state index contributed by atoms with van der Waals surface area (Å²) < 4.78 is 5.96. The van der Waals surface area contributed by atoms with Crippen LogP contribution in [0.3, 0.4) is 0 Å².